The van der Waals surface area contributed by atoms with E-state index in [-0.39, 0.29) is 0 Å². The van der Waals surface area contributed by atoms with Gasteiger partial charge in [0.15, 0.2) is 0 Å². The number of hydrazine groups is 1. The summed E-state index contributed by atoms with van der Waals surface area (Å²) >= 11 is 1.85. The Bertz CT molecular complexity index is 62.5. The Balaban J connectivity index is 3.38. The van der Waals surface area contributed by atoms with E-state index in [0.29, 0.717) is 5.96 Å². The van der Waals surface area contributed by atoms with E-state index in [1.54, 1.807) is 0 Å². The number of nitrogens with one attached hydrogen (secondary N) is 2. The summed E-state index contributed by atoms with van der Waals surface area (Å²) in [7, 11) is 0. The molecule has 0 saturated carbocycles. The minimum Gasteiger partial charge on any atom is -0.320 e. The molecular weight excluding hydrogens is 209 g/mol. The molecule has 0 amide bonds. The lowest BCUT2D eigenvalue weighted by atomic mass is 11.1. The third kappa shape index (κ3) is 2.45. The molecule has 0 saturated heterocycles. The van der Waals surface area contributed by atoms with E-state index in [9.17, 15) is 0 Å². The normalized spacial score (nSPS) is 10.9. The fraction of sp³-hybridized carbons (Fsp3) is 0. The van der Waals surface area contributed by atoms with Crippen molar-refractivity contribution < 1.29 is 0 Å². The summed E-state index contributed by atoms with van der Waals surface area (Å²) in [6.07, 6.45) is 0. The number of nitrogens with zero attached hydrogens (tertiary/aromatic N) is 1. The molecule has 0 heterocycles. The van der Waals surface area contributed by atoms with E-state index in [1.807, 2.05) is 22.9 Å². The van der Waals surface area contributed by atoms with Crippen molar-refractivity contribution in [3.63, 3.8) is 0 Å². The zero-order valence-corrected chi connectivity index (χ0v) is 5.64. The number of hydrogen-bond acceptors (Lipinski definition) is 3. The number of hydrazone groups is 1. The molecule has 0 aliphatic heterocycles. The maximum atomic E-state index is 4.87. The van der Waals surface area contributed by atoms with Crippen LogP contribution in [0.25, 0.3) is 0 Å². The first-order valence-electron chi connectivity index (χ1n) is 1.46. The predicted molar refractivity (Wildman–Crippen MR) is 36.1 cm³/mol. The van der Waals surface area contributed by atoms with Crippen molar-refractivity contribution >= 4 is 28.8 Å². The molecule has 0 spiro atoms. The van der Waals surface area contributed by atoms with Gasteiger partial charge in [0.25, 0.3) is 0 Å². The van der Waals surface area contributed by atoms with Crippen molar-refractivity contribution in [1.82, 2.24) is 8.96 Å². The van der Waals surface area contributed by atoms with E-state index in [1.165, 1.54) is 0 Å². The second-order valence-electron chi connectivity index (χ2n) is 0.717. The first-order chi connectivity index (χ1) is 3.35. The lowest BCUT2D eigenvalue weighted by Gasteiger charge is -1.96. The van der Waals surface area contributed by atoms with Crippen LogP contribution in [-0.4, -0.2) is 5.96 Å². The molecule has 6 N–H and O–H groups in total. The molecule has 42 valence electrons. The van der Waals surface area contributed by atoms with E-state index in [0.717, 1.165) is 0 Å². The molecular formula is CH6IN5. The number of halogens is 1. The fourth-order valence-electron chi connectivity index (χ4n) is 0.0889. The summed E-state index contributed by atoms with van der Waals surface area (Å²) in [6.45, 7) is 0. The molecule has 7 heavy (non-hydrogen) atoms. The van der Waals surface area contributed by atoms with Crippen molar-refractivity contribution in [3.8, 4) is 0 Å². The van der Waals surface area contributed by atoms with E-state index in [4.69, 9.17) is 11.7 Å². The second kappa shape index (κ2) is 3.93. The molecule has 0 aliphatic carbocycles. The van der Waals surface area contributed by atoms with Gasteiger partial charge in [-0.1, -0.05) is 0 Å². The van der Waals surface area contributed by atoms with Crippen LogP contribution in [0.2, 0.25) is 0 Å². The summed E-state index contributed by atoms with van der Waals surface area (Å²) < 4.78 is 2.56. The fourth-order valence-corrected chi connectivity index (χ4v) is 0.384. The molecule has 0 rings (SSSR count). The minimum atomic E-state index is 0.348. The minimum absolute atomic E-state index is 0.348. The Labute approximate surface area is 55.0 Å². The van der Waals surface area contributed by atoms with Crippen molar-refractivity contribution in [3.05, 3.63) is 0 Å². The Kier molecular flexibility index (Phi) is 3.80. The van der Waals surface area contributed by atoms with Crippen LogP contribution in [0.1, 0.15) is 0 Å². The van der Waals surface area contributed by atoms with Crippen LogP contribution in [-0.2, 0) is 0 Å². The first-order valence-corrected chi connectivity index (χ1v) is 2.54. The largest absolute Gasteiger partial charge is 0.320 e. The van der Waals surface area contributed by atoms with Gasteiger partial charge in [0.2, 0.25) is 5.96 Å². The Morgan fingerprint density at radius 3 is 2.29 bits per heavy atom. The lowest BCUT2D eigenvalue weighted by Crippen LogP contribution is -2.37. The molecule has 6 heteroatoms. The highest BCUT2D eigenvalue weighted by molar-refractivity contribution is 14.1. The zero-order chi connectivity index (χ0) is 5.70. The van der Waals surface area contributed by atoms with Crippen LogP contribution in [0, 0.1) is 0 Å². The molecule has 0 radical (unpaired) electrons. The van der Waals surface area contributed by atoms with Gasteiger partial charge >= 0.3 is 0 Å². The topological polar surface area (TPSA) is 88.5 Å². The average Bonchev–Trinajstić information content (AvgIpc) is 1.72. The Hall–Kier alpha value is -0.240. The van der Waals surface area contributed by atoms with Crippen LogP contribution in [0.4, 0.5) is 0 Å². The van der Waals surface area contributed by atoms with Gasteiger partial charge in [0, 0.05) is 0 Å². The zero-order valence-electron chi connectivity index (χ0n) is 3.48. The summed E-state index contributed by atoms with van der Waals surface area (Å²) in [4.78, 5) is 0. The molecule has 0 aromatic rings. The van der Waals surface area contributed by atoms with E-state index >= 15 is 0 Å². The Morgan fingerprint density at radius 2 is 2.29 bits per heavy atom. The molecule has 0 atom stereocenters. The SMILES string of the molecule is N/N=C(/NN)NI. The quantitative estimate of drug-likeness (QED) is 0.100. The van der Waals surface area contributed by atoms with Gasteiger partial charge in [-0.25, -0.2) is 5.84 Å². The van der Waals surface area contributed by atoms with Gasteiger partial charge in [-0.05, 0) is 0 Å². The first kappa shape index (κ1) is 6.76. The monoisotopic (exact) mass is 215 g/mol. The van der Waals surface area contributed by atoms with Crippen LogP contribution >= 0.6 is 22.9 Å². The molecule has 0 aliphatic rings. The predicted octanol–water partition coefficient (Wildman–Crippen LogP) is -1.38. The van der Waals surface area contributed by atoms with E-state index < -0.39 is 0 Å². The van der Waals surface area contributed by atoms with Gasteiger partial charge in [0.05, 0.1) is 22.9 Å². The maximum Gasteiger partial charge on any atom is 0.236 e. The number of rotatable bonds is 0. The molecule has 0 aromatic heterocycles. The molecule has 0 unspecified atom stereocenters. The highest BCUT2D eigenvalue weighted by Gasteiger charge is 1.83. The number of nitrogens with two attached hydrogens (primary N) is 2. The smallest absolute Gasteiger partial charge is 0.236 e. The average molecular weight is 215 g/mol. The van der Waals surface area contributed by atoms with Gasteiger partial charge in [0.1, 0.15) is 0 Å². The maximum absolute atomic E-state index is 4.87. The van der Waals surface area contributed by atoms with Crippen LogP contribution in [0.3, 0.4) is 0 Å². The number of guanidine groups is 1. The molecule has 0 aromatic carbocycles. The summed E-state index contributed by atoms with van der Waals surface area (Å²) in [5.41, 5.74) is 2.21. The van der Waals surface area contributed by atoms with Crippen molar-refractivity contribution in [2.75, 3.05) is 0 Å². The third-order valence-electron chi connectivity index (χ3n) is 0.355. The van der Waals surface area contributed by atoms with Gasteiger partial charge < -0.3 is 5.84 Å². The number of hydrogen-bond donors (Lipinski definition) is 4. The summed E-state index contributed by atoms with van der Waals surface area (Å²) in [5, 5.41) is 3.19. The second-order valence-corrected chi connectivity index (χ2v) is 1.26. The van der Waals surface area contributed by atoms with E-state index in [2.05, 4.69) is 14.1 Å². The van der Waals surface area contributed by atoms with Crippen molar-refractivity contribution in [2.45, 2.75) is 0 Å². The summed E-state index contributed by atoms with van der Waals surface area (Å²) in [6, 6.07) is 0. The van der Waals surface area contributed by atoms with Crippen LogP contribution in [0.5, 0.6) is 0 Å². The van der Waals surface area contributed by atoms with Crippen LogP contribution in [0.15, 0.2) is 5.10 Å². The molecule has 0 bridgehead atoms. The lowest BCUT2D eigenvalue weighted by molar-refractivity contribution is 0.978. The molecule has 0 fully saturated rings. The van der Waals surface area contributed by atoms with Crippen molar-refractivity contribution in [1.29, 1.82) is 0 Å². The third-order valence-corrected chi connectivity index (χ3v) is 0.866. The van der Waals surface area contributed by atoms with Crippen LogP contribution < -0.4 is 20.6 Å². The summed E-state index contributed by atoms with van der Waals surface area (Å²) in [5.74, 6) is 9.99. The van der Waals surface area contributed by atoms with Gasteiger partial charge in [-0.3, -0.25) is 8.96 Å². The standard InChI is InChI=1S/CH6IN5/c2-5-1(6-3)7-4/h3-4H2,(H2,5,6,7). The highest BCUT2D eigenvalue weighted by Crippen LogP contribution is 1.65. The molecule has 5 nitrogen and oxygen atoms in total. The van der Waals surface area contributed by atoms with Gasteiger partial charge in [-0.2, -0.15) is 0 Å². The Morgan fingerprint density at radius 1 is 1.71 bits per heavy atom. The van der Waals surface area contributed by atoms with Crippen molar-refractivity contribution in [2.24, 2.45) is 16.8 Å². The van der Waals surface area contributed by atoms with Gasteiger partial charge in [-0.15, -0.1) is 5.10 Å². The highest BCUT2D eigenvalue weighted by atomic mass is 127.